The molecular weight excluding hydrogens is 273 g/mol. The van der Waals surface area contributed by atoms with Gasteiger partial charge in [0.25, 0.3) is 0 Å². The van der Waals surface area contributed by atoms with Gasteiger partial charge >= 0.3 is 20.4 Å². The largest absolute Gasteiger partial charge is 2.00 e. The molecule has 0 radical (unpaired) electrons. The first kappa shape index (κ1) is 17.3. The summed E-state index contributed by atoms with van der Waals surface area (Å²) in [5.41, 5.74) is 0. The first-order chi connectivity index (χ1) is 4.00. The standard InChI is InChI=1S/C8H8.2ClH.Pd/c1-2-4-6-8-7-5-3-1;;;/h1-8H;2*1H;/q;;;+2/p-2/b2-1-,3-1?,4-2?,5-3-,6-4-,7-5?,8-6?,8-7-;;;. The van der Waals surface area contributed by atoms with Crippen LogP contribution in [0.15, 0.2) is 48.6 Å². The minimum atomic E-state index is 0. The topological polar surface area (TPSA) is 0 Å². The summed E-state index contributed by atoms with van der Waals surface area (Å²) in [4.78, 5) is 0. The molecule has 3 heteroatoms. The first-order valence-electron chi connectivity index (χ1n) is 2.67. The van der Waals surface area contributed by atoms with E-state index in [1.165, 1.54) is 0 Å². The molecule has 1 aliphatic carbocycles. The van der Waals surface area contributed by atoms with E-state index in [-0.39, 0.29) is 45.2 Å². The quantitative estimate of drug-likeness (QED) is 0.400. The van der Waals surface area contributed by atoms with Crippen molar-refractivity contribution >= 4 is 0 Å². The number of rotatable bonds is 0. The van der Waals surface area contributed by atoms with Crippen LogP contribution in [0.5, 0.6) is 0 Å². The third-order valence-corrected chi connectivity index (χ3v) is 0.889. The molecule has 0 aromatic carbocycles. The van der Waals surface area contributed by atoms with Gasteiger partial charge in [-0.15, -0.1) is 0 Å². The van der Waals surface area contributed by atoms with Gasteiger partial charge in [-0.2, -0.15) is 0 Å². The van der Waals surface area contributed by atoms with Crippen molar-refractivity contribution < 1.29 is 45.2 Å². The van der Waals surface area contributed by atoms with Gasteiger partial charge in [-0.25, -0.2) is 0 Å². The molecule has 0 unspecified atom stereocenters. The van der Waals surface area contributed by atoms with Gasteiger partial charge in [0.05, 0.1) is 0 Å². The van der Waals surface area contributed by atoms with Gasteiger partial charge in [-0.3, -0.25) is 0 Å². The average Bonchev–Trinajstić information content (AvgIpc) is 1.62. The fourth-order valence-electron chi connectivity index (χ4n) is 0.513. The van der Waals surface area contributed by atoms with Crippen LogP contribution in [0, 0.1) is 0 Å². The van der Waals surface area contributed by atoms with Crippen molar-refractivity contribution in [3.8, 4) is 0 Å². The normalized spacial score (nSPS) is 23.3. The molecule has 0 nitrogen and oxygen atoms in total. The summed E-state index contributed by atoms with van der Waals surface area (Å²) in [5.74, 6) is 0. The Morgan fingerprint density at radius 2 is 0.455 bits per heavy atom. The Hall–Kier alpha value is 0.202. The second-order valence-corrected chi connectivity index (χ2v) is 1.54. The predicted molar refractivity (Wildman–Crippen MR) is 36.6 cm³/mol. The van der Waals surface area contributed by atoms with Crippen LogP contribution < -0.4 is 24.8 Å². The van der Waals surface area contributed by atoms with Crippen molar-refractivity contribution in [3.05, 3.63) is 48.6 Å². The molecule has 0 atom stereocenters. The van der Waals surface area contributed by atoms with Crippen LogP contribution in [-0.2, 0) is 20.4 Å². The maximum atomic E-state index is 2.00. The molecule has 1 rings (SSSR count). The van der Waals surface area contributed by atoms with Gasteiger partial charge in [0.15, 0.2) is 0 Å². The third-order valence-electron chi connectivity index (χ3n) is 0.889. The summed E-state index contributed by atoms with van der Waals surface area (Å²) in [5, 5.41) is 0. The molecule has 0 bridgehead atoms. The molecule has 0 saturated carbocycles. The van der Waals surface area contributed by atoms with E-state index in [1.54, 1.807) is 0 Å². The van der Waals surface area contributed by atoms with Crippen molar-refractivity contribution in [1.29, 1.82) is 0 Å². The molecule has 11 heavy (non-hydrogen) atoms. The summed E-state index contributed by atoms with van der Waals surface area (Å²) >= 11 is 0. The zero-order chi connectivity index (χ0) is 5.66. The molecule has 0 heterocycles. The Morgan fingerprint density at radius 1 is 0.364 bits per heavy atom. The fourth-order valence-corrected chi connectivity index (χ4v) is 0.513. The Kier molecular flexibility index (Phi) is 20.2. The SMILES string of the molecule is C1=C\C=C/C=C\C=C/1.[Cl-].[Cl-].[Pd+2]. The van der Waals surface area contributed by atoms with Gasteiger partial charge in [0.1, 0.15) is 0 Å². The molecule has 64 valence electrons. The van der Waals surface area contributed by atoms with Crippen molar-refractivity contribution in [2.75, 3.05) is 0 Å². The predicted octanol–water partition coefficient (Wildman–Crippen LogP) is -3.77. The minimum absolute atomic E-state index is 0. The van der Waals surface area contributed by atoms with E-state index in [0.717, 1.165) is 0 Å². The number of halogens is 2. The van der Waals surface area contributed by atoms with E-state index in [1.807, 2.05) is 48.6 Å². The Labute approximate surface area is 93.6 Å². The Morgan fingerprint density at radius 3 is 0.545 bits per heavy atom. The monoisotopic (exact) mass is 280 g/mol. The molecule has 1 aliphatic rings. The molecular formula is C8H8Cl2Pd. The summed E-state index contributed by atoms with van der Waals surface area (Å²) in [7, 11) is 0. The van der Waals surface area contributed by atoms with Crippen LogP contribution in [0.3, 0.4) is 0 Å². The van der Waals surface area contributed by atoms with Crippen LogP contribution in [0.25, 0.3) is 0 Å². The van der Waals surface area contributed by atoms with Crippen LogP contribution in [0.2, 0.25) is 0 Å². The summed E-state index contributed by atoms with van der Waals surface area (Å²) in [6.45, 7) is 0. The first-order valence-corrected chi connectivity index (χ1v) is 2.67. The number of allylic oxidation sites excluding steroid dienone is 8. The third kappa shape index (κ3) is 10.2. The molecule has 0 aliphatic heterocycles. The Balaban J connectivity index is -0.000000213. The summed E-state index contributed by atoms with van der Waals surface area (Å²) in [6.07, 6.45) is 16.0. The van der Waals surface area contributed by atoms with Gasteiger partial charge < -0.3 is 24.8 Å². The molecule has 0 amide bonds. The van der Waals surface area contributed by atoms with Crippen LogP contribution in [0.4, 0.5) is 0 Å². The fraction of sp³-hybridized carbons (Fsp3) is 0. The maximum Gasteiger partial charge on any atom is 2.00 e. The van der Waals surface area contributed by atoms with E-state index in [2.05, 4.69) is 0 Å². The number of hydrogen-bond acceptors (Lipinski definition) is 0. The molecule has 0 aromatic heterocycles. The van der Waals surface area contributed by atoms with E-state index in [0.29, 0.717) is 0 Å². The minimum Gasteiger partial charge on any atom is -1.00 e. The van der Waals surface area contributed by atoms with E-state index >= 15 is 0 Å². The Bertz CT molecular complexity index is 113. The summed E-state index contributed by atoms with van der Waals surface area (Å²) in [6, 6.07) is 0. The van der Waals surface area contributed by atoms with Crippen molar-refractivity contribution in [1.82, 2.24) is 0 Å². The van der Waals surface area contributed by atoms with Crippen LogP contribution in [-0.4, -0.2) is 0 Å². The van der Waals surface area contributed by atoms with Gasteiger partial charge in [-0.05, 0) is 0 Å². The van der Waals surface area contributed by atoms with E-state index in [9.17, 15) is 0 Å². The second kappa shape index (κ2) is 12.8. The molecule has 0 saturated heterocycles. The van der Waals surface area contributed by atoms with Gasteiger partial charge in [0.2, 0.25) is 0 Å². The zero-order valence-electron chi connectivity index (χ0n) is 5.69. The van der Waals surface area contributed by atoms with Crippen LogP contribution >= 0.6 is 0 Å². The second-order valence-electron chi connectivity index (χ2n) is 1.54. The van der Waals surface area contributed by atoms with Crippen LogP contribution in [0.1, 0.15) is 0 Å². The van der Waals surface area contributed by atoms with Gasteiger partial charge in [0, 0.05) is 0 Å². The van der Waals surface area contributed by atoms with E-state index < -0.39 is 0 Å². The van der Waals surface area contributed by atoms with Gasteiger partial charge in [-0.1, -0.05) is 48.6 Å². The summed E-state index contributed by atoms with van der Waals surface area (Å²) < 4.78 is 0. The smallest absolute Gasteiger partial charge is 1.00 e. The molecule has 0 spiro atoms. The van der Waals surface area contributed by atoms with Crippen molar-refractivity contribution in [2.45, 2.75) is 0 Å². The average molecular weight is 281 g/mol. The van der Waals surface area contributed by atoms with Crippen molar-refractivity contribution in [3.63, 3.8) is 0 Å². The molecule has 0 N–H and O–H groups in total. The van der Waals surface area contributed by atoms with Crippen molar-refractivity contribution in [2.24, 2.45) is 0 Å². The van der Waals surface area contributed by atoms with E-state index in [4.69, 9.17) is 0 Å². The zero-order valence-corrected chi connectivity index (χ0v) is 8.76. The molecule has 0 aromatic rings. The number of hydrogen-bond donors (Lipinski definition) is 0. The molecule has 0 fully saturated rings. The maximum absolute atomic E-state index is 2.00.